The van der Waals surface area contributed by atoms with Crippen LogP contribution in [0, 0.1) is 0 Å². The van der Waals surface area contributed by atoms with Crippen LogP contribution in [0.3, 0.4) is 0 Å². The van der Waals surface area contributed by atoms with E-state index in [-0.39, 0.29) is 5.12 Å². The first-order chi connectivity index (χ1) is 9.99. The highest BCUT2D eigenvalue weighted by Crippen LogP contribution is 2.35. The van der Waals surface area contributed by atoms with Crippen molar-refractivity contribution in [2.24, 2.45) is 0 Å². The predicted molar refractivity (Wildman–Crippen MR) is 84.6 cm³/mol. The monoisotopic (exact) mass is 320 g/mol. The van der Waals surface area contributed by atoms with E-state index in [0.29, 0.717) is 10.5 Å². The molecule has 1 atom stereocenters. The van der Waals surface area contributed by atoms with Crippen molar-refractivity contribution in [3.8, 4) is 11.1 Å². The van der Waals surface area contributed by atoms with Crippen molar-refractivity contribution in [2.45, 2.75) is 17.2 Å². The third-order valence-corrected chi connectivity index (χ3v) is 4.15. The van der Waals surface area contributed by atoms with Gasteiger partial charge in [0, 0.05) is 11.8 Å². The topological polar surface area (TPSA) is 54.4 Å². The van der Waals surface area contributed by atoms with E-state index in [4.69, 9.17) is 16.7 Å². The highest BCUT2D eigenvalue weighted by atomic mass is 35.5. The van der Waals surface area contributed by atoms with Gasteiger partial charge in [-0.3, -0.25) is 9.59 Å². The van der Waals surface area contributed by atoms with Crippen molar-refractivity contribution in [1.29, 1.82) is 0 Å². The van der Waals surface area contributed by atoms with Crippen LogP contribution in [-0.4, -0.2) is 16.2 Å². The fourth-order valence-corrected chi connectivity index (χ4v) is 2.98. The summed E-state index contributed by atoms with van der Waals surface area (Å²) in [4.78, 5) is 23.0. The highest BCUT2D eigenvalue weighted by molar-refractivity contribution is 8.13. The first-order valence-corrected chi connectivity index (χ1v) is 7.49. The summed E-state index contributed by atoms with van der Waals surface area (Å²) < 4.78 is 0. The number of aliphatic carboxylic acids is 1. The van der Waals surface area contributed by atoms with Crippen LogP contribution in [-0.2, 0) is 9.59 Å². The summed E-state index contributed by atoms with van der Waals surface area (Å²) in [6, 6.07) is 14.9. The van der Waals surface area contributed by atoms with Gasteiger partial charge in [0.25, 0.3) is 0 Å². The molecule has 0 bridgehead atoms. The molecule has 2 rings (SSSR count). The summed E-state index contributed by atoms with van der Waals surface area (Å²) >= 11 is 6.90. The van der Waals surface area contributed by atoms with Gasteiger partial charge in [0.1, 0.15) is 0 Å². The van der Waals surface area contributed by atoms with E-state index in [1.165, 1.54) is 6.92 Å². The van der Waals surface area contributed by atoms with E-state index < -0.39 is 11.3 Å². The summed E-state index contributed by atoms with van der Waals surface area (Å²) in [5.74, 6) is -1.13. The molecule has 2 aromatic carbocycles. The van der Waals surface area contributed by atoms with Crippen LogP contribution in [0.4, 0.5) is 0 Å². The third-order valence-electron chi connectivity index (χ3n) is 2.86. The number of halogens is 1. The van der Waals surface area contributed by atoms with Gasteiger partial charge in [-0.25, -0.2) is 0 Å². The third kappa shape index (κ3) is 3.86. The van der Waals surface area contributed by atoms with Gasteiger partial charge in [0.2, 0.25) is 0 Å². The molecular weight excluding hydrogens is 308 g/mol. The molecule has 1 unspecified atom stereocenters. The van der Waals surface area contributed by atoms with Crippen LogP contribution in [0.2, 0.25) is 0 Å². The van der Waals surface area contributed by atoms with Crippen LogP contribution >= 0.6 is 23.4 Å². The predicted octanol–water partition coefficient (Wildman–Crippen LogP) is 4.36. The molecule has 2 aromatic rings. The van der Waals surface area contributed by atoms with Crippen molar-refractivity contribution >= 4 is 34.4 Å². The van der Waals surface area contributed by atoms with Crippen LogP contribution in [0.25, 0.3) is 11.1 Å². The minimum absolute atomic E-state index is 0.115. The van der Waals surface area contributed by atoms with Crippen LogP contribution in [0.15, 0.2) is 53.4 Å². The molecule has 0 heterocycles. The summed E-state index contributed by atoms with van der Waals surface area (Å²) in [5.41, 5.74) is 2.34. The number of thioether (sulfide) groups is 1. The summed E-state index contributed by atoms with van der Waals surface area (Å²) in [7, 11) is 0. The van der Waals surface area contributed by atoms with Gasteiger partial charge in [-0.15, -0.1) is 11.6 Å². The quantitative estimate of drug-likeness (QED) is 0.672. The molecule has 0 aliphatic heterocycles. The Morgan fingerprint density at radius 2 is 1.76 bits per heavy atom. The lowest BCUT2D eigenvalue weighted by molar-refractivity contribution is -0.136. The zero-order valence-corrected chi connectivity index (χ0v) is 12.8. The lowest BCUT2D eigenvalue weighted by atomic mass is 10.0. The minimum atomic E-state index is -1.17. The first kappa shape index (κ1) is 15.6. The van der Waals surface area contributed by atoms with Gasteiger partial charge < -0.3 is 5.11 Å². The second-order valence-corrected chi connectivity index (χ2v) is 6.07. The van der Waals surface area contributed by atoms with Gasteiger partial charge in [0.15, 0.2) is 10.5 Å². The number of carbonyl (C=O) groups is 2. The van der Waals surface area contributed by atoms with Crippen LogP contribution in [0.5, 0.6) is 0 Å². The van der Waals surface area contributed by atoms with E-state index in [9.17, 15) is 9.59 Å². The summed E-state index contributed by atoms with van der Waals surface area (Å²) in [6.45, 7) is 1.44. The largest absolute Gasteiger partial charge is 0.480 e. The second-order valence-electron chi connectivity index (χ2n) is 4.41. The summed E-state index contributed by atoms with van der Waals surface area (Å²) in [5, 5.41) is 7.77. The smallest absolute Gasteiger partial charge is 0.326 e. The molecule has 0 saturated heterocycles. The number of hydrogen-bond acceptors (Lipinski definition) is 3. The van der Waals surface area contributed by atoms with Crippen molar-refractivity contribution < 1.29 is 14.7 Å². The van der Waals surface area contributed by atoms with E-state index in [1.54, 1.807) is 12.1 Å². The van der Waals surface area contributed by atoms with Crippen molar-refractivity contribution in [3.05, 3.63) is 54.1 Å². The standard InChI is InChI=1S/C16H13ClO3S/c1-10(18)21-14-9-12(11-5-3-2-4-6-11)7-8-13(14)15(17)16(19)20/h2-9,15H,1H3,(H,19,20). The molecular formula is C16H13ClO3S. The molecule has 0 amide bonds. The molecule has 3 nitrogen and oxygen atoms in total. The average Bonchev–Trinajstić information content (AvgIpc) is 2.46. The lowest BCUT2D eigenvalue weighted by Crippen LogP contribution is -2.06. The zero-order chi connectivity index (χ0) is 15.4. The van der Waals surface area contributed by atoms with Crippen molar-refractivity contribution in [3.63, 3.8) is 0 Å². The normalized spacial score (nSPS) is 11.9. The van der Waals surface area contributed by atoms with E-state index in [2.05, 4.69) is 0 Å². The molecule has 0 fully saturated rings. The molecule has 0 aliphatic rings. The number of carboxylic acids is 1. The van der Waals surface area contributed by atoms with Gasteiger partial charge in [-0.1, -0.05) is 54.2 Å². The number of hydrogen-bond donors (Lipinski definition) is 1. The Morgan fingerprint density at radius 1 is 1.10 bits per heavy atom. The van der Waals surface area contributed by atoms with Crippen LogP contribution in [0.1, 0.15) is 17.9 Å². The first-order valence-electron chi connectivity index (χ1n) is 6.23. The van der Waals surface area contributed by atoms with E-state index in [1.807, 2.05) is 36.4 Å². The number of carbonyl (C=O) groups excluding carboxylic acids is 1. The Labute approximate surface area is 131 Å². The molecule has 1 N–H and O–H groups in total. The van der Waals surface area contributed by atoms with Crippen molar-refractivity contribution in [2.75, 3.05) is 0 Å². The second kappa shape index (κ2) is 6.78. The zero-order valence-electron chi connectivity index (χ0n) is 11.2. The fraction of sp³-hybridized carbons (Fsp3) is 0.125. The number of benzene rings is 2. The Hall–Kier alpha value is -1.78. The van der Waals surface area contributed by atoms with Crippen molar-refractivity contribution in [1.82, 2.24) is 0 Å². The summed E-state index contributed by atoms with van der Waals surface area (Å²) in [6.07, 6.45) is 0. The highest BCUT2D eigenvalue weighted by Gasteiger charge is 2.21. The Balaban J connectivity index is 2.49. The Bertz CT molecular complexity index is 670. The maximum atomic E-state index is 11.4. The minimum Gasteiger partial charge on any atom is -0.480 e. The van der Waals surface area contributed by atoms with E-state index >= 15 is 0 Å². The molecule has 5 heteroatoms. The van der Waals surface area contributed by atoms with Gasteiger partial charge in [-0.2, -0.15) is 0 Å². The number of alkyl halides is 1. The lowest BCUT2D eigenvalue weighted by Gasteiger charge is -2.12. The maximum absolute atomic E-state index is 11.4. The van der Waals surface area contributed by atoms with Crippen LogP contribution < -0.4 is 0 Å². The molecule has 0 aromatic heterocycles. The van der Waals surface area contributed by atoms with Gasteiger partial charge in [0.05, 0.1) is 0 Å². The van der Waals surface area contributed by atoms with Gasteiger partial charge >= 0.3 is 5.97 Å². The average molecular weight is 321 g/mol. The Kier molecular flexibility index (Phi) is 5.04. The SMILES string of the molecule is CC(=O)Sc1cc(-c2ccccc2)ccc1C(Cl)C(=O)O. The molecule has 0 radical (unpaired) electrons. The number of carboxylic acid groups (broad SMARTS) is 1. The fourth-order valence-electron chi connectivity index (χ4n) is 1.93. The molecule has 108 valence electrons. The molecule has 21 heavy (non-hydrogen) atoms. The Morgan fingerprint density at radius 3 is 2.33 bits per heavy atom. The number of rotatable bonds is 4. The molecule has 0 spiro atoms. The van der Waals surface area contributed by atoms with Gasteiger partial charge in [-0.05, 0) is 22.8 Å². The molecule has 0 saturated carbocycles. The van der Waals surface area contributed by atoms with E-state index in [0.717, 1.165) is 22.9 Å². The maximum Gasteiger partial charge on any atom is 0.326 e. The molecule has 0 aliphatic carbocycles.